The van der Waals surface area contributed by atoms with Crippen LogP contribution in [0.5, 0.6) is 11.5 Å². The van der Waals surface area contributed by atoms with Crippen molar-refractivity contribution in [1.29, 1.82) is 0 Å². The second kappa shape index (κ2) is 8.51. The molecule has 8 heteroatoms. The van der Waals surface area contributed by atoms with Crippen LogP contribution in [0, 0.1) is 24.0 Å². The number of methoxy groups -OCH3 is 2. The molecule has 2 rings (SSSR count). The van der Waals surface area contributed by atoms with Gasteiger partial charge in [-0.2, -0.15) is 0 Å². The lowest BCUT2D eigenvalue weighted by atomic mass is 10.0. The highest BCUT2D eigenvalue weighted by Gasteiger charge is 2.28. The van der Waals surface area contributed by atoms with Crippen molar-refractivity contribution in [2.24, 2.45) is 0 Å². The standard InChI is InChI=1S/C20H21NO7/c1-11-6-7-14(8-12(11)2)19(22)13(3)28-20(23)15-9-17(26-4)18(27-5)10-16(15)21(24)25/h6-10,13H,1-5H3/t13-/m0/s1. The van der Waals surface area contributed by atoms with E-state index in [1.165, 1.54) is 21.1 Å². The van der Waals surface area contributed by atoms with Crippen LogP contribution in [0.15, 0.2) is 30.3 Å². The number of hydrogen-bond acceptors (Lipinski definition) is 7. The van der Waals surface area contributed by atoms with Crippen LogP contribution in [0.4, 0.5) is 5.69 Å². The number of rotatable bonds is 7. The molecule has 0 unspecified atom stereocenters. The van der Waals surface area contributed by atoms with Crippen molar-refractivity contribution >= 4 is 17.4 Å². The predicted molar refractivity (Wildman–Crippen MR) is 101 cm³/mol. The molecule has 0 N–H and O–H groups in total. The van der Waals surface area contributed by atoms with E-state index in [1.54, 1.807) is 18.2 Å². The highest BCUT2D eigenvalue weighted by molar-refractivity contribution is 6.02. The lowest BCUT2D eigenvalue weighted by Crippen LogP contribution is -2.25. The van der Waals surface area contributed by atoms with E-state index >= 15 is 0 Å². The first kappa shape index (κ1) is 20.9. The Balaban J connectivity index is 2.31. The molecule has 0 spiro atoms. The van der Waals surface area contributed by atoms with Gasteiger partial charge in [0.25, 0.3) is 5.69 Å². The summed E-state index contributed by atoms with van der Waals surface area (Å²) >= 11 is 0. The minimum Gasteiger partial charge on any atom is -0.493 e. The van der Waals surface area contributed by atoms with Crippen molar-refractivity contribution < 1.29 is 28.7 Å². The Morgan fingerprint density at radius 1 is 1.00 bits per heavy atom. The van der Waals surface area contributed by atoms with Crippen molar-refractivity contribution in [2.75, 3.05) is 14.2 Å². The van der Waals surface area contributed by atoms with Crippen LogP contribution in [0.3, 0.4) is 0 Å². The van der Waals surface area contributed by atoms with Crippen LogP contribution in [-0.4, -0.2) is 37.0 Å². The minimum atomic E-state index is -1.12. The normalized spacial score (nSPS) is 11.5. The van der Waals surface area contributed by atoms with Crippen molar-refractivity contribution in [2.45, 2.75) is 26.9 Å². The van der Waals surface area contributed by atoms with Gasteiger partial charge in [0.2, 0.25) is 5.78 Å². The van der Waals surface area contributed by atoms with Crippen LogP contribution in [0.25, 0.3) is 0 Å². The molecular weight excluding hydrogens is 366 g/mol. The number of esters is 1. The fourth-order valence-electron chi connectivity index (χ4n) is 2.59. The van der Waals surface area contributed by atoms with Crippen molar-refractivity contribution in [3.8, 4) is 11.5 Å². The summed E-state index contributed by atoms with van der Waals surface area (Å²) in [6.07, 6.45) is -1.12. The second-order valence-electron chi connectivity index (χ2n) is 6.19. The first-order valence-corrected chi connectivity index (χ1v) is 8.42. The van der Waals surface area contributed by atoms with E-state index in [9.17, 15) is 19.7 Å². The first-order valence-electron chi connectivity index (χ1n) is 8.42. The number of benzene rings is 2. The topological polar surface area (TPSA) is 105 Å². The van der Waals surface area contributed by atoms with Crippen LogP contribution in [-0.2, 0) is 4.74 Å². The molecule has 2 aromatic rings. The zero-order chi connectivity index (χ0) is 21.0. The molecule has 0 aliphatic carbocycles. The number of nitrogens with zero attached hydrogens (tertiary/aromatic N) is 1. The summed E-state index contributed by atoms with van der Waals surface area (Å²) < 4.78 is 15.3. The molecule has 0 aliphatic rings. The smallest absolute Gasteiger partial charge is 0.346 e. The fourth-order valence-corrected chi connectivity index (χ4v) is 2.59. The van der Waals surface area contributed by atoms with Crippen LogP contribution in [0.1, 0.15) is 38.8 Å². The van der Waals surface area contributed by atoms with E-state index in [1.807, 2.05) is 13.8 Å². The number of aryl methyl sites for hydroxylation is 2. The highest BCUT2D eigenvalue weighted by atomic mass is 16.6. The summed E-state index contributed by atoms with van der Waals surface area (Å²) in [6.45, 7) is 5.21. The Kier molecular flexibility index (Phi) is 6.35. The molecule has 148 valence electrons. The molecule has 2 aromatic carbocycles. The van der Waals surface area contributed by atoms with Crippen LogP contribution >= 0.6 is 0 Å². The molecule has 0 radical (unpaired) electrons. The SMILES string of the molecule is COc1cc(C(=O)O[C@@H](C)C(=O)c2ccc(C)c(C)c2)c([N+](=O)[O-])cc1OC. The Bertz CT molecular complexity index is 936. The van der Waals surface area contributed by atoms with Gasteiger partial charge in [0.05, 0.1) is 25.2 Å². The molecule has 28 heavy (non-hydrogen) atoms. The average molecular weight is 387 g/mol. The fraction of sp³-hybridized carbons (Fsp3) is 0.300. The van der Waals surface area contributed by atoms with Crippen molar-refractivity contribution in [3.05, 3.63) is 62.7 Å². The lowest BCUT2D eigenvalue weighted by molar-refractivity contribution is -0.385. The van der Waals surface area contributed by atoms with Gasteiger partial charge < -0.3 is 14.2 Å². The molecule has 0 saturated carbocycles. The van der Waals surface area contributed by atoms with Gasteiger partial charge in [-0.25, -0.2) is 4.79 Å². The van der Waals surface area contributed by atoms with Gasteiger partial charge in [0.1, 0.15) is 5.56 Å². The van der Waals surface area contributed by atoms with E-state index in [2.05, 4.69) is 0 Å². The number of ketones is 1. The van der Waals surface area contributed by atoms with Gasteiger partial charge in [-0.1, -0.05) is 12.1 Å². The second-order valence-corrected chi connectivity index (χ2v) is 6.19. The van der Waals surface area contributed by atoms with E-state index in [-0.39, 0.29) is 17.1 Å². The quantitative estimate of drug-likeness (QED) is 0.309. The maximum atomic E-state index is 12.6. The molecule has 0 fully saturated rings. The zero-order valence-corrected chi connectivity index (χ0v) is 16.3. The summed E-state index contributed by atoms with van der Waals surface area (Å²) in [5, 5.41) is 11.3. The lowest BCUT2D eigenvalue weighted by Gasteiger charge is -2.14. The third kappa shape index (κ3) is 4.28. The van der Waals surface area contributed by atoms with Gasteiger partial charge in [-0.3, -0.25) is 14.9 Å². The van der Waals surface area contributed by atoms with Gasteiger partial charge in [0.15, 0.2) is 17.6 Å². The summed E-state index contributed by atoms with van der Waals surface area (Å²) in [4.78, 5) is 35.7. The van der Waals surface area contributed by atoms with E-state index < -0.39 is 28.5 Å². The van der Waals surface area contributed by atoms with Gasteiger partial charge in [-0.05, 0) is 38.0 Å². The first-order chi connectivity index (χ1) is 13.2. The number of hydrogen-bond donors (Lipinski definition) is 0. The Labute approximate surface area is 162 Å². The third-order valence-corrected chi connectivity index (χ3v) is 4.36. The van der Waals surface area contributed by atoms with Crippen molar-refractivity contribution in [3.63, 3.8) is 0 Å². The molecule has 1 atom stereocenters. The third-order valence-electron chi connectivity index (χ3n) is 4.36. The maximum absolute atomic E-state index is 12.6. The summed E-state index contributed by atoms with van der Waals surface area (Å²) in [5.41, 5.74) is 1.52. The number of carbonyl (C=O) groups is 2. The molecule has 0 heterocycles. The predicted octanol–water partition coefficient (Wildman–Crippen LogP) is 3.66. The molecule has 8 nitrogen and oxygen atoms in total. The van der Waals surface area contributed by atoms with E-state index in [4.69, 9.17) is 14.2 Å². The average Bonchev–Trinajstić information content (AvgIpc) is 2.67. The Morgan fingerprint density at radius 2 is 1.61 bits per heavy atom. The number of nitro groups is 1. The number of ether oxygens (including phenoxy) is 3. The number of Topliss-reactive ketones (excluding diaryl/α,β-unsaturated/α-hetero) is 1. The molecule has 0 bridgehead atoms. The van der Waals surface area contributed by atoms with E-state index in [0.717, 1.165) is 23.3 Å². The molecular formula is C20H21NO7. The monoisotopic (exact) mass is 387 g/mol. The Morgan fingerprint density at radius 3 is 2.14 bits per heavy atom. The summed E-state index contributed by atoms with van der Waals surface area (Å²) in [6, 6.07) is 7.39. The number of nitro benzene ring substituents is 1. The highest BCUT2D eigenvalue weighted by Crippen LogP contribution is 2.35. The Hall–Kier alpha value is -3.42. The van der Waals surface area contributed by atoms with Crippen molar-refractivity contribution in [1.82, 2.24) is 0 Å². The van der Waals surface area contributed by atoms with E-state index in [0.29, 0.717) is 5.56 Å². The number of carbonyl (C=O) groups excluding carboxylic acids is 2. The maximum Gasteiger partial charge on any atom is 0.346 e. The molecule has 0 aromatic heterocycles. The van der Waals surface area contributed by atoms with Gasteiger partial charge >= 0.3 is 5.97 Å². The summed E-state index contributed by atoms with van der Waals surface area (Å²) in [7, 11) is 2.66. The largest absolute Gasteiger partial charge is 0.493 e. The molecule has 0 amide bonds. The van der Waals surface area contributed by atoms with Gasteiger partial charge in [-0.15, -0.1) is 0 Å². The molecule has 0 aliphatic heterocycles. The zero-order valence-electron chi connectivity index (χ0n) is 16.3. The summed E-state index contributed by atoms with van der Waals surface area (Å²) in [5.74, 6) is -1.17. The molecule has 0 saturated heterocycles. The van der Waals surface area contributed by atoms with Crippen LogP contribution in [0.2, 0.25) is 0 Å². The van der Waals surface area contributed by atoms with Gasteiger partial charge in [0, 0.05) is 11.6 Å². The minimum absolute atomic E-state index is 0.102. The van der Waals surface area contributed by atoms with Crippen LogP contribution < -0.4 is 9.47 Å².